The SMILES string of the molecule is Cc1ncc(CN2C[C@@H]3C[C@H](NS(C)(=O)=O)CN3C(=O)[C@@H]2CNC(=O)C2CC2)cn1. The lowest BCUT2D eigenvalue weighted by atomic mass is 10.0. The standard InChI is InChI=1S/C19H28N6O4S/c1-12-20-6-13(7-21-12)9-24-11-16-5-15(23-30(2,28)29)10-25(16)19(27)17(24)8-22-18(26)14-3-4-14/h6-7,14-17,23H,3-5,8-11H2,1-2H3,(H,22,26)/t15-,16-,17-/m0/s1. The first kappa shape index (κ1) is 21.1. The summed E-state index contributed by atoms with van der Waals surface area (Å²) in [7, 11) is -3.35. The monoisotopic (exact) mass is 436 g/mol. The van der Waals surface area contributed by atoms with Crippen molar-refractivity contribution in [3.05, 3.63) is 23.8 Å². The highest BCUT2D eigenvalue weighted by Gasteiger charge is 2.46. The number of nitrogens with zero attached hydrogens (tertiary/aromatic N) is 4. The van der Waals surface area contributed by atoms with Crippen LogP contribution in [-0.4, -0.2) is 84.0 Å². The van der Waals surface area contributed by atoms with E-state index in [9.17, 15) is 18.0 Å². The number of hydrogen-bond acceptors (Lipinski definition) is 7. The minimum absolute atomic E-state index is 0.00147. The fourth-order valence-corrected chi connectivity index (χ4v) is 5.08. The van der Waals surface area contributed by atoms with Crippen LogP contribution in [0, 0.1) is 12.8 Å². The molecule has 10 nitrogen and oxygen atoms in total. The molecule has 1 aromatic rings. The van der Waals surface area contributed by atoms with Crippen LogP contribution in [0.25, 0.3) is 0 Å². The third-order valence-corrected chi connectivity index (χ3v) is 6.65. The van der Waals surface area contributed by atoms with Crippen molar-refractivity contribution >= 4 is 21.8 Å². The second-order valence-corrected chi connectivity index (χ2v) is 10.4. The van der Waals surface area contributed by atoms with Gasteiger partial charge in [0.2, 0.25) is 21.8 Å². The number of aromatic nitrogens is 2. The van der Waals surface area contributed by atoms with Gasteiger partial charge in [0.1, 0.15) is 11.9 Å². The molecular weight excluding hydrogens is 408 g/mol. The minimum atomic E-state index is -3.35. The number of fused-ring (bicyclic) bond motifs is 1. The highest BCUT2D eigenvalue weighted by atomic mass is 32.2. The number of piperazine rings is 1. The van der Waals surface area contributed by atoms with Crippen LogP contribution in [0.1, 0.15) is 30.7 Å². The number of hydrogen-bond donors (Lipinski definition) is 2. The lowest BCUT2D eigenvalue weighted by Gasteiger charge is -2.42. The van der Waals surface area contributed by atoms with Gasteiger partial charge in [0.25, 0.3) is 0 Å². The first-order valence-corrected chi connectivity index (χ1v) is 12.2. The molecule has 11 heteroatoms. The van der Waals surface area contributed by atoms with E-state index in [1.54, 1.807) is 17.3 Å². The zero-order chi connectivity index (χ0) is 21.5. The van der Waals surface area contributed by atoms with Crippen molar-refractivity contribution in [2.75, 3.05) is 25.9 Å². The molecule has 0 radical (unpaired) electrons. The molecule has 1 aromatic heterocycles. The largest absolute Gasteiger partial charge is 0.354 e. The number of carbonyl (C=O) groups excluding carboxylic acids is 2. The molecule has 164 valence electrons. The molecule has 3 atom stereocenters. The van der Waals surface area contributed by atoms with Crippen LogP contribution < -0.4 is 10.0 Å². The van der Waals surface area contributed by atoms with Gasteiger partial charge in [0.05, 0.1) is 6.26 Å². The topological polar surface area (TPSA) is 125 Å². The molecule has 30 heavy (non-hydrogen) atoms. The molecule has 1 aliphatic carbocycles. The fourth-order valence-electron chi connectivity index (χ4n) is 4.31. The van der Waals surface area contributed by atoms with E-state index < -0.39 is 16.1 Å². The number of rotatable bonds is 7. The zero-order valence-corrected chi connectivity index (χ0v) is 18.1. The van der Waals surface area contributed by atoms with Crippen molar-refractivity contribution in [3.63, 3.8) is 0 Å². The molecule has 2 N–H and O–H groups in total. The van der Waals surface area contributed by atoms with Gasteiger partial charge in [-0.1, -0.05) is 0 Å². The normalized spacial score (nSPS) is 27.2. The second-order valence-electron chi connectivity index (χ2n) is 8.57. The highest BCUT2D eigenvalue weighted by molar-refractivity contribution is 7.88. The molecule has 3 fully saturated rings. The number of nitrogens with one attached hydrogen (secondary N) is 2. The fraction of sp³-hybridized carbons (Fsp3) is 0.684. The van der Waals surface area contributed by atoms with Crippen LogP contribution in [-0.2, 0) is 26.2 Å². The van der Waals surface area contributed by atoms with Gasteiger partial charge in [0, 0.05) is 62.1 Å². The summed E-state index contributed by atoms with van der Waals surface area (Å²) in [6.07, 6.45) is 7.01. The van der Waals surface area contributed by atoms with E-state index in [0.717, 1.165) is 24.7 Å². The van der Waals surface area contributed by atoms with Gasteiger partial charge in [-0.3, -0.25) is 14.5 Å². The highest BCUT2D eigenvalue weighted by Crippen LogP contribution is 2.30. The minimum Gasteiger partial charge on any atom is -0.354 e. The maximum atomic E-state index is 13.3. The Hall–Kier alpha value is -2.11. The summed E-state index contributed by atoms with van der Waals surface area (Å²) in [5.74, 6) is 0.679. The zero-order valence-electron chi connectivity index (χ0n) is 17.2. The quantitative estimate of drug-likeness (QED) is 0.563. The van der Waals surface area contributed by atoms with Crippen molar-refractivity contribution in [1.82, 2.24) is 29.8 Å². The maximum Gasteiger partial charge on any atom is 0.242 e. The molecule has 0 aromatic carbocycles. The van der Waals surface area contributed by atoms with Crippen molar-refractivity contribution in [3.8, 4) is 0 Å². The summed E-state index contributed by atoms with van der Waals surface area (Å²) in [6.45, 7) is 3.51. The summed E-state index contributed by atoms with van der Waals surface area (Å²) < 4.78 is 25.9. The Morgan fingerprint density at radius 1 is 1.23 bits per heavy atom. The van der Waals surface area contributed by atoms with E-state index in [-0.39, 0.29) is 36.4 Å². The number of amides is 2. The number of aryl methyl sites for hydroxylation is 1. The molecule has 3 aliphatic rings. The molecule has 3 heterocycles. The van der Waals surface area contributed by atoms with Gasteiger partial charge in [-0.15, -0.1) is 0 Å². The first-order valence-electron chi connectivity index (χ1n) is 10.3. The van der Waals surface area contributed by atoms with Crippen molar-refractivity contribution in [2.45, 2.75) is 50.9 Å². The molecule has 1 saturated carbocycles. The van der Waals surface area contributed by atoms with Gasteiger partial charge < -0.3 is 10.2 Å². The molecule has 4 rings (SSSR count). The molecule has 2 saturated heterocycles. The van der Waals surface area contributed by atoms with Crippen LogP contribution in [0.5, 0.6) is 0 Å². The molecule has 0 bridgehead atoms. The van der Waals surface area contributed by atoms with Gasteiger partial charge in [-0.2, -0.15) is 0 Å². The average molecular weight is 437 g/mol. The average Bonchev–Trinajstić information content (AvgIpc) is 3.44. The van der Waals surface area contributed by atoms with E-state index in [1.807, 2.05) is 11.8 Å². The summed E-state index contributed by atoms with van der Waals surface area (Å²) in [5, 5.41) is 2.93. The van der Waals surface area contributed by atoms with Crippen LogP contribution in [0.15, 0.2) is 12.4 Å². The molecule has 0 unspecified atom stereocenters. The van der Waals surface area contributed by atoms with Gasteiger partial charge >= 0.3 is 0 Å². The summed E-state index contributed by atoms with van der Waals surface area (Å²) in [4.78, 5) is 37.7. The molecular formula is C19H28N6O4S. The Bertz CT molecular complexity index is 917. The van der Waals surface area contributed by atoms with E-state index in [4.69, 9.17) is 0 Å². The Morgan fingerprint density at radius 3 is 2.57 bits per heavy atom. The Kier molecular flexibility index (Phi) is 5.78. The Labute approximate surface area is 176 Å². The smallest absolute Gasteiger partial charge is 0.242 e. The first-order chi connectivity index (χ1) is 14.2. The van der Waals surface area contributed by atoms with E-state index in [1.165, 1.54) is 0 Å². The molecule has 0 spiro atoms. The van der Waals surface area contributed by atoms with Gasteiger partial charge in [-0.05, 0) is 26.2 Å². The number of sulfonamides is 1. The van der Waals surface area contributed by atoms with Crippen LogP contribution >= 0.6 is 0 Å². The van der Waals surface area contributed by atoms with E-state index in [2.05, 4.69) is 20.0 Å². The van der Waals surface area contributed by atoms with Gasteiger partial charge in [-0.25, -0.2) is 23.1 Å². The van der Waals surface area contributed by atoms with Crippen molar-refractivity contribution < 1.29 is 18.0 Å². The van der Waals surface area contributed by atoms with Crippen molar-refractivity contribution in [2.24, 2.45) is 5.92 Å². The van der Waals surface area contributed by atoms with Crippen LogP contribution in [0.3, 0.4) is 0 Å². The van der Waals surface area contributed by atoms with E-state index >= 15 is 0 Å². The van der Waals surface area contributed by atoms with Crippen LogP contribution in [0.2, 0.25) is 0 Å². The summed E-state index contributed by atoms with van der Waals surface area (Å²) in [5.41, 5.74) is 0.893. The Morgan fingerprint density at radius 2 is 1.93 bits per heavy atom. The number of carbonyl (C=O) groups is 2. The predicted molar refractivity (Wildman–Crippen MR) is 109 cm³/mol. The summed E-state index contributed by atoms with van der Waals surface area (Å²) >= 11 is 0. The van der Waals surface area contributed by atoms with Gasteiger partial charge in [0.15, 0.2) is 0 Å². The third-order valence-electron chi connectivity index (χ3n) is 5.89. The van der Waals surface area contributed by atoms with Crippen LogP contribution in [0.4, 0.5) is 0 Å². The maximum absolute atomic E-state index is 13.3. The third kappa shape index (κ3) is 4.96. The molecule has 2 amide bonds. The Balaban J connectivity index is 1.50. The second kappa shape index (κ2) is 8.20. The summed E-state index contributed by atoms with van der Waals surface area (Å²) in [6, 6.07) is -0.862. The lowest BCUT2D eigenvalue weighted by Crippen LogP contribution is -2.62. The molecule has 2 aliphatic heterocycles. The lowest BCUT2D eigenvalue weighted by molar-refractivity contribution is -0.144. The van der Waals surface area contributed by atoms with Crippen molar-refractivity contribution in [1.29, 1.82) is 0 Å². The van der Waals surface area contributed by atoms with E-state index in [0.29, 0.717) is 31.9 Å². The predicted octanol–water partition coefficient (Wildman–Crippen LogP) is -0.986.